The van der Waals surface area contributed by atoms with E-state index in [1.54, 1.807) is 9.80 Å². The highest BCUT2D eigenvalue weighted by Gasteiger charge is 2.17. The molecule has 0 rings (SSSR count). The summed E-state index contributed by atoms with van der Waals surface area (Å²) in [6.45, 7) is 9.88. The maximum Gasteiger partial charge on any atom is 0.214 e. The van der Waals surface area contributed by atoms with E-state index in [-0.39, 0.29) is 13.2 Å². The number of aliphatic hydroxyl groups is 2. The van der Waals surface area contributed by atoms with Crippen LogP contribution < -0.4 is 74.5 Å². The average molecular weight is 962 g/mol. The molecule has 0 spiro atoms. The highest BCUT2D eigenvalue weighted by atomic mass is 35.7. The SMILES string of the molecule is C[PH2+]C[PH2+]CCN(C=O)/C(C)=C(/CCO)SS/C(CCO)=C(/C)N(C=O)CC[PH2+]C[PH2+]C.[O-][Cl+3]([O-])([O-])[O-].[O-][Cl+3]([O-])([O-])[O-].[O-][Cl+3]([O-])([O-])[O-].[O-][Cl+3]([O-])([O-])[O-]. The van der Waals surface area contributed by atoms with Crippen LogP contribution in [0, 0.1) is 41.0 Å². The molecular formula is C20H44Cl4N2O20P4S2. The maximum absolute atomic E-state index is 11.7. The van der Waals surface area contributed by atoms with E-state index < -0.39 is 41.0 Å². The predicted molar refractivity (Wildman–Crippen MR) is 160 cm³/mol. The Morgan fingerprint density at radius 3 is 0.962 bits per heavy atom. The first-order valence-electron chi connectivity index (χ1n) is 13.6. The largest absolute Gasteiger partial charge is 0.396 e. The van der Waals surface area contributed by atoms with Gasteiger partial charge in [-0.2, -0.15) is 0 Å². The van der Waals surface area contributed by atoms with E-state index in [2.05, 4.69) is 13.3 Å². The van der Waals surface area contributed by atoms with Crippen molar-refractivity contribution < 1.29 is 135 Å². The summed E-state index contributed by atoms with van der Waals surface area (Å²) in [7, 11) is -14.9. The van der Waals surface area contributed by atoms with Crippen LogP contribution in [-0.2, 0) is 9.59 Å². The Hall–Kier alpha value is 1.28. The lowest BCUT2D eigenvalue weighted by Gasteiger charge is -2.22. The molecule has 0 aromatic carbocycles. The number of aliphatic hydroxyl groups excluding tert-OH is 2. The van der Waals surface area contributed by atoms with E-state index in [0.717, 1.165) is 59.4 Å². The Balaban J connectivity index is -0.000000296. The van der Waals surface area contributed by atoms with E-state index in [1.807, 2.05) is 13.8 Å². The van der Waals surface area contributed by atoms with Crippen LogP contribution in [0.3, 0.4) is 0 Å². The topological polar surface area (TPSA) is 450 Å². The monoisotopic (exact) mass is 960 g/mol. The molecule has 2 amide bonds. The normalized spacial score (nSPS) is 13.4. The molecule has 0 bridgehead atoms. The van der Waals surface area contributed by atoms with Crippen molar-refractivity contribution in [3.05, 3.63) is 21.2 Å². The summed E-state index contributed by atoms with van der Waals surface area (Å²) < 4.78 is 136. The molecule has 0 aromatic rings. The van der Waals surface area contributed by atoms with E-state index in [4.69, 9.17) is 74.5 Å². The first-order chi connectivity index (χ1) is 23.5. The van der Waals surface area contributed by atoms with Crippen molar-refractivity contribution in [2.45, 2.75) is 26.7 Å². The summed E-state index contributed by atoms with van der Waals surface area (Å²) in [5.74, 6) is 2.65. The van der Waals surface area contributed by atoms with Crippen LogP contribution in [0.2, 0.25) is 0 Å². The zero-order chi connectivity index (χ0) is 42.2. The lowest BCUT2D eigenvalue weighted by atomic mass is 10.3. The fourth-order valence-electron chi connectivity index (χ4n) is 2.82. The molecule has 0 saturated carbocycles. The third-order valence-corrected chi connectivity index (χ3v) is 15.5. The fraction of sp³-hybridized carbons (Fsp3) is 0.700. The van der Waals surface area contributed by atoms with E-state index >= 15 is 0 Å². The van der Waals surface area contributed by atoms with Crippen LogP contribution in [0.25, 0.3) is 0 Å². The van der Waals surface area contributed by atoms with Crippen LogP contribution in [0.5, 0.6) is 0 Å². The second-order valence-electron chi connectivity index (χ2n) is 8.68. The van der Waals surface area contributed by atoms with Crippen molar-refractivity contribution >= 4 is 68.7 Å². The lowest BCUT2D eigenvalue weighted by Crippen LogP contribution is -2.68. The van der Waals surface area contributed by atoms with Gasteiger partial charge in [-0.25, -0.2) is 74.5 Å². The Morgan fingerprint density at radius 1 is 0.558 bits per heavy atom. The van der Waals surface area contributed by atoms with Gasteiger partial charge >= 0.3 is 0 Å². The minimum Gasteiger partial charge on any atom is -0.396 e. The molecule has 0 aliphatic rings. The lowest BCUT2D eigenvalue weighted by molar-refractivity contribution is -2.00. The highest BCUT2D eigenvalue weighted by Crippen LogP contribution is 2.42. The quantitative estimate of drug-likeness (QED) is 0.0467. The Morgan fingerprint density at radius 2 is 0.788 bits per heavy atom. The van der Waals surface area contributed by atoms with Gasteiger partial charge in [0.1, 0.15) is 0 Å². The van der Waals surface area contributed by atoms with Gasteiger partial charge in [-0.1, -0.05) is 21.6 Å². The van der Waals surface area contributed by atoms with E-state index in [0.29, 0.717) is 47.2 Å². The van der Waals surface area contributed by atoms with Gasteiger partial charge in [0.25, 0.3) is 0 Å². The number of amides is 2. The zero-order valence-corrected chi connectivity index (χ0v) is 37.3. The molecule has 0 aliphatic heterocycles. The molecule has 0 aromatic heterocycles. The molecule has 4 atom stereocenters. The molecule has 22 nitrogen and oxygen atoms in total. The van der Waals surface area contributed by atoms with Crippen LogP contribution in [0.15, 0.2) is 21.2 Å². The van der Waals surface area contributed by atoms with Gasteiger partial charge in [-0.15, -0.1) is 41.0 Å². The second-order valence-corrected chi connectivity index (χ2v) is 21.7. The number of carbonyl (C=O) groups excluding carboxylic acids is 2. The number of halogens is 4. The third kappa shape index (κ3) is 66.1. The highest BCUT2D eigenvalue weighted by molar-refractivity contribution is 8.79. The van der Waals surface area contributed by atoms with Crippen LogP contribution >= 0.6 is 55.9 Å². The molecule has 2 N–H and O–H groups in total. The standard InChI is InChI=1S/C20H40N2O4P4S2.4ClHO4/c1-17(21(13-25)7-11-29-15-27-3)19(5-9-23)31-32-20(6-10-24)18(2)22(14-26)8-12-30-16-28-4;4*2-1(3,4)5/h13-14,23-24,27-30H,5-12,15-16H2,1-4H3;4*(H,2,3,4,5)/b19-17-,20-18-;;;;. The Bertz CT molecular complexity index is 843. The van der Waals surface area contributed by atoms with Crippen molar-refractivity contribution in [3.63, 3.8) is 0 Å². The van der Waals surface area contributed by atoms with Gasteiger partial charge in [0.15, 0.2) is 11.8 Å². The number of hydrogen-bond donors (Lipinski definition) is 2. The molecule has 32 heteroatoms. The zero-order valence-electron chi connectivity index (χ0n) is 28.0. The molecule has 314 valence electrons. The van der Waals surface area contributed by atoms with Crippen molar-refractivity contribution in [1.82, 2.24) is 9.80 Å². The average Bonchev–Trinajstić information content (AvgIpc) is 2.95. The van der Waals surface area contributed by atoms with Gasteiger partial charge in [0.05, 0.1) is 25.4 Å². The van der Waals surface area contributed by atoms with Gasteiger partial charge in [0, 0.05) is 94.9 Å². The van der Waals surface area contributed by atoms with Crippen molar-refractivity contribution in [2.75, 3.05) is 63.8 Å². The first-order valence-corrected chi connectivity index (χ1v) is 27.9. The van der Waals surface area contributed by atoms with Gasteiger partial charge in [-0.05, 0) is 13.8 Å². The molecule has 0 heterocycles. The summed E-state index contributed by atoms with van der Waals surface area (Å²) in [6, 6.07) is 0. The first kappa shape index (κ1) is 62.5. The molecule has 0 saturated heterocycles. The van der Waals surface area contributed by atoms with Crippen molar-refractivity contribution in [1.29, 1.82) is 0 Å². The summed E-state index contributed by atoms with van der Waals surface area (Å²) in [6.07, 6.45) is 4.86. The number of hydrogen-bond acceptors (Lipinski definition) is 22. The minimum absolute atomic E-state index is 0.0120. The van der Waals surface area contributed by atoms with E-state index in [9.17, 15) is 19.8 Å². The number of rotatable bonds is 21. The molecule has 52 heavy (non-hydrogen) atoms. The van der Waals surface area contributed by atoms with Crippen molar-refractivity contribution in [3.8, 4) is 0 Å². The molecular weight excluding hydrogens is 918 g/mol. The minimum atomic E-state index is -4.94. The molecule has 4 unspecified atom stereocenters. The maximum atomic E-state index is 11.7. The number of nitrogens with zero attached hydrogens (tertiary/aromatic N) is 2. The van der Waals surface area contributed by atoms with Gasteiger partial charge in [0.2, 0.25) is 12.8 Å². The third-order valence-electron chi connectivity index (χ3n) is 4.80. The van der Waals surface area contributed by atoms with Crippen LogP contribution in [-0.4, -0.2) is 96.6 Å². The van der Waals surface area contributed by atoms with Gasteiger partial charge in [-0.3, -0.25) is 9.59 Å². The van der Waals surface area contributed by atoms with Crippen molar-refractivity contribution in [2.24, 2.45) is 0 Å². The number of carbonyl (C=O) groups is 2. The summed E-state index contributed by atoms with van der Waals surface area (Å²) in [4.78, 5) is 28.8. The fourth-order valence-corrected chi connectivity index (χ4v) is 11.1. The van der Waals surface area contributed by atoms with Crippen LogP contribution in [0.1, 0.15) is 26.7 Å². The second kappa shape index (κ2) is 36.6. The summed E-state index contributed by atoms with van der Waals surface area (Å²) in [5.41, 5.74) is 1.77. The summed E-state index contributed by atoms with van der Waals surface area (Å²) >= 11 is 0. The van der Waals surface area contributed by atoms with Crippen LogP contribution in [0.4, 0.5) is 0 Å². The number of allylic oxidation sites excluding steroid dienone is 2. The predicted octanol–water partition coefficient (Wildman–Crippen LogP) is -15.7. The smallest absolute Gasteiger partial charge is 0.214 e. The van der Waals surface area contributed by atoms with E-state index in [1.165, 1.54) is 33.4 Å². The molecule has 0 fully saturated rings. The summed E-state index contributed by atoms with van der Waals surface area (Å²) in [5, 5.41) is 19.1. The molecule has 0 radical (unpaired) electrons. The van der Waals surface area contributed by atoms with Gasteiger partial charge < -0.3 is 20.0 Å². The Labute approximate surface area is 324 Å². The Kier molecular flexibility index (Phi) is 44.0. The molecule has 0 aliphatic carbocycles.